The zero-order chi connectivity index (χ0) is 20.2. The Morgan fingerprint density at radius 1 is 1.28 bits per heavy atom. The number of nitrogens with zero attached hydrogens (tertiary/aromatic N) is 5. The number of aromatic nitrogens is 5. The lowest BCUT2D eigenvalue weighted by Gasteiger charge is -2.09. The van der Waals surface area contributed by atoms with Gasteiger partial charge < -0.3 is 4.74 Å². The van der Waals surface area contributed by atoms with Crippen LogP contribution in [0, 0.1) is 5.82 Å². The minimum absolute atomic E-state index is 0.104. The SMILES string of the molecule is C=CCn1c(COc2ccc(F)cc2)nnc1SCc1cc(=O)n2ccsc2n1. The molecule has 0 saturated heterocycles. The van der Waals surface area contributed by atoms with Gasteiger partial charge in [0.15, 0.2) is 15.9 Å². The molecule has 0 N–H and O–H groups in total. The lowest BCUT2D eigenvalue weighted by atomic mass is 10.3. The molecule has 0 radical (unpaired) electrons. The van der Waals surface area contributed by atoms with Gasteiger partial charge in [-0.2, -0.15) is 0 Å². The molecule has 3 aromatic heterocycles. The fourth-order valence-electron chi connectivity index (χ4n) is 2.62. The number of benzene rings is 1. The first kappa shape index (κ1) is 19.3. The minimum atomic E-state index is -0.320. The molecule has 0 aliphatic rings. The molecule has 0 aliphatic carbocycles. The summed E-state index contributed by atoms with van der Waals surface area (Å²) in [6.07, 6.45) is 3.46. The fraction of sp³-hybridized carbons (Fsp3) is 0.158. The topological polar surface area (TPSA) is 74.3 Å². The zero-order valence-corrected chi connectivity index (χ0v) is 16.8. The third-order valence-corrected chi connectivity index (χ3v) is 5.75. The number of hydrogen-bond donors (Lipinski definition) is 0. The maximum absolute atomic E-state index is 13.0. The first-order valence-electron chi connectivity index (χ1n) is 8.64. The van der Waals surface area contributed by atoms with Gasteiger partial charge in [0.1, 0.15) is 18.2 Å². The summed E-state index contributed by atoms with van der Waals surface area (Å²) in [6, 6.07) is 7.32. The highest BCUT2D eigenvalue weighted by Crippen LogP contribution is 2.22. The number of halogens is 1. The standard InChI is InChI=1S/C19H16FN5O2S2/c1-2-7-24-16(11-27-15-5-3-13(20)4-6-15)22-23-19(24)29-12-14-10-17(26)25-8-9-28-18(25)21-14/h2-6,8-10H,1,7,11-12H2. The highest BCUT2D eigenvalue weighted by molar-refractivity contribution is 7.98. The summed E-state index contributed by atoms with van der Waals surface area (Å²) in [5, 5.41) is 10.9. The molecular weight excluding hydrogens is 413 g/mol. The maximum atomic E-state index is 13.0. The number of ether oxygens (including phenoxy) is 1. The molecule has 4 aromatic rings. The first-order valence-corrected chi connectivity index (χ1v) is 10.5. The largest absolute Gasteiger partial charge is 0.486 e. The van der Waals surface area contributed by atoms with Crippen molar-refractivity contribution in [2.24, 2.45) is 0 Å². The summed E-state index contributed by atoms with van der Waals surface area (Å²) in [7, 11) is 0. The molecule has 0 spiro atoms. The van der Waals surface area contributed by atoms with E-state index in [1.165, 1.54) is 45.7 Å². The van der Waals surface area contributed by atoms with E-state index in [1.54, 1.807) is 24.4 Å². The summed E-state index contributed by atoms with van der Waals surface area (Å²) < 4.78 is 22.1. The lowest BCUT2D eigenvalue weighted by Crippen LogP contribution is -2.12. The van der Waals surface area contributed by atoms with Crippen molar-refractivity contribution in [3.05, 3.63) is 82.3 Å². The van der Waals surface area contributed by atoms with E-state index >= 15 is 0 Å². The van der Waals surface area contributed by atoms with E-state index in [0.29, 0.717) is 39.7 Å². The van der Waals surface area contributed by atoms with Gasteiger partial charge >= 0.3 is 0 Å². The van der Waals surface area contributed by atoms with Crippen molar-refractivity contribution in [2.75, 3.05) is 0 Å². The molecule has 0 bridgehead atoms. The van der Waals surface area contributed by atoms with E-state index < -0.39 is 0 Å². The molecular formula is C19H16FN5O2S2. The van der Waals surface area contributed by atoms with Crippen LogP contribution in [-0.2, 0) is 18.9 Å². The average Bonchev–Trinajstić information content (AvgIpc) is 3.34. The van der Waals surface area contributed by atoms with E-state index in [4.69, 9.17) is 4.74 Å². The monoisotopic (exact) mass is 429 g/mol. The van der Waals surface area contributed by atoms with Crippen molar-refractivity contribution in [2.45, 2.75) is 24.1 Å². The molecule has 0 saturated carbocycles. The predicted octanol–water partition coefficient (Wildman–Crippen LogP) is 3.54. The Hall–Kier alpha value is -2.98. The van der Waals surface area contributed by atoms with Crippen LogP contribution in [-0.4, -0.2) is 24.1 Å². The Morgan fingerprint density at radius 3 is 2.90 bits per heavy atom. The Kier molecular flexibility index (Phi) is 5.72. The molecule has 0 aliphatic heterocycles. The van der Waals surface area contributed by atoms with E-state index in [-0.39, 0.29) is 18.0 Å². The molecule has 0 unspecified atom stereocenters. The van der Waals surface area contributed by atoms with Crippen molar-refractivity contribution >= 4 is 28.1 Å². The molecule has 148 valence electrons. The van der Waals surface area contributed by atoms with E-state index in [1.807, 2.05) is 9.95 Å². The Balaban J connectivity index is 1.48. The predicted molar refractivity (Wildman–Crippen MR) is 110 cm³/mol. The van der Waals surface area contributed by atoms with Crippen molar-refractivity contribution < 1.29 is 9.13 Å². The van der Waals surface area contributed by atoms with Crippen LogP contribution < -0.4 is 10.3 Å². The number of allylic oxidation sites excluding steroid dienone is 1. The average molecular weight is 430 g/mol. The number of fused-ring (bicyclic) bond motifs is 1. The van der Waals surface area contributed by atoms with Crippen LogP contribution in [0.3, 0.4) is 0 Å². The van der Waals surface area contributed by atoms with Crippen LogP contribution in [0.1, 0.15) is 11.5 Å². The molecule has 1 aromatic carbocycles. The first-order chi connectivity index (χ1) is 14.1. The van der Waals surface area contributed by atoms with Crippen molar-refractivity contribution in [1.29, 1.82) is 0 Å². The van der Waals surface area contributed by atoms with Gasteiger partial charge in [0.2, 0.25) is 0 Å². The summed E-state index contributed by atoms with van der Waals surface area (Å²) in [4.78, 5) is 17.3. The number of hydrogen-bond acceptors (Lipinski definition) is 7. The van der Waals surface area contributed by atoms with Gasteiger partial charge in [-0.25, -0.2) is 9.37 Å². The van der Waals surface area contributed by atoms with Crippen LogP contribution in [0.4, 0.5) is 4.39 Å². The van der Waals surface area contributed by atoms with Gasteiger partial charge in [0.25, 0.3) is 5.56 Å². The molecule has 7 nitrogen and oxygen atoms in total. The molecule has 3 heterocycles. The van der Waals surface area contributed by atoms with Crippen molar-refractivity contribution in [3.63, 3.8) is 0 Å². The molecule has 4 rings (SSSR count). The van der Waals surface area contributed by atoms with Gasteiger partial charge in [0, 0.05) is 29.9 Å². The lowest BCUT2D eigenvalue weighted by molar-refractivity contribution is 0.288. The van der Waals surface area contributed by atoms with Crippen molar-refractivity contribution in [3.8, 4) is 5.75 Å². The fourth-order valence-corrected chi connectivity index (χ4v) is 4.22. The zero-order valence-electron chi connectivity index (χ0n) is 15.2. The van der Waals surface area contributed by atoms with Crippen molar-refractivity contribution in [1.82, 2.24) is 24.1 Å². The van der Waals surface area contributed by atoms with Crippen LogP contribution >= 0.6 is 23.1 Å². The number of thioether (sulfide) groups is 1. The molecule has 0 fully saturated rings. The number of rotatable bonds is 8. The molecule has 29 heavy (non-hydrogen) atoms. The molecule has 0 atom stereocenters. The van der Waals surface area contributed by atoms with Crippen LogP contribution in [0.5, 0.6) is 5.75 Å². The Labute approximate surface area is 173 Å². The summed E-state index contributed by atoms with van der Waals surface area (Å²) in [6.45, 7) is 4.48. The van der Waals surface area contributed by atoms with Gasteiger partial charge in [-0.1, -0.05) is 17.8 Å². The van der Waals surface area contributed by atoms with Crippen LogP contribution in [0.15, 0.2) is 64.5 Å². The maximum Gasteiger partial charge on any atom is 0.258 e. The second kappa shape index (κ2) is 8.58. The highest BCUT2D eigenvalue weighted by atomic mass is 32.2. The third-order valence-electron chi connectivity index (χ3n) is 3.99. The van der Waals surface area contributed by atoms with E-state index in [2.05, 4.69) is 21.8 Å². The van der Waals surface area contributed by atoms with Gasteiger partial charge in [-0.3, -0.25) is 13.8 Å². The summed E-state index contributed by atoms with van der Waals surface area (Å²) >= 11 is 2.85. The summed E-state index contributed by atoms with van der Waals surface area (Å²) in [5.41, 5.74) is 0.576. The Morgan fingerprint density at radius 2 is 2.10 bits per heavy atom. The second-order valence-corrected chi connectivity index (χ2v) is 7.79. The van der Waals surface area contributed by atoms with Gasteiger partial charge in [-0.05, 0) is 24.3 Å². The third kappa shape index (κ3) is 4.38. The normalized spacial score (nSPS) is 11.1. The van der Waals surface area contributed by atoms with Gasteiger partial charge in [0.05, 0.1) is 5.69 Å². The molecule has 0 amide bonds. The Bertz CT molecular complexity index is 1200. The molecule has 10 heteroatoms. The summed E-state index contributed by atoms with van der Waals surface area (Å²) in [5.74, 6) is 1.33. The van der Waals surface area contributed by atoms with Crippen LogP contribution in [0.2, 0.25) is 0 Å². The van der Waals surface area contributed by atoms with E-state index in [0.717, 1.165) is 0 Å². The quantitative estimate of drug-likeness (QED) is 0.315. The van der Waals surface area contributed by atoms with Crippen LogP contribution in [0.25, 0.3) is 4.96 Å². The second-order valence-electron chi connectivity index (χ2n) is 5.97. The minimum Gasteiger partial charge on any atom is -0.486 e. The van der Waals surface area contributed by atoms with Gasteiger partial charge in [-0.15, -0.1) is 28.1 Å². The number of thiazole rings is 1. The smallest absolute Gasteiger partial charge is 0.258 e. The van der Waals surface area contributed by atoms with E-state index in [9.17, 15) is 9.18 Å². The highest BCUT2D eigenvalue weighted by Gasteiger charge is 2.14.